The van der Waals surface area contributed by atoms with Gasteiger partial charge in [-0.3, -0.25) is 9.59 Å². The fourth-order valence-electron chi connectivity index (χ4n) is 3.92. The molecule has 0 spiro atoms. The highest BCUT2D eigenvalue weighted by atomic mass is 32.1. The molecule has 5 aromatic rings. The van der Waals surface area contributed by atoms with E-state index in [-0.39, 0.29) is 17.9 Å². The molecule has 3 N–H and O–H groups in total. The number of carbonyl (C=O) groups excluding carboxylic acids is 2. The van der Waals surface area contributed by atoms with Crippen molar-refractivity contribution in [2.24, 2.45) is 5.73 Å². The standard InChI is InChI=1S/C24H22N6O3S/c1-13-16(14(2)30-23(28-13)17(12-27-30)22(25)32)8-10-21(31)26-11-15-7-9-19(33-15)24-29-18-5-3-4-6-20(18)34-24/h3-7,9,12H,8,10-11H2,1-2H3,(H2,25,32)(H,26,31). The van der Waals surface area contributed by atoms with Crippen molar-refractivity contribution in [1.29, 1.82) is 0 Å². The van der Waals surface area contributed by atoms with Crippen LogP contribution < -0.4 is 11.1 Å². The predicted octanol–water partition coefficient (Wildman–Crippen LogP) is 3.56. The van der Waals surface area contributed by atoms with Gasteiger partial charge < -0.3 is 15.5 Å². The Labute approximate surface area is 198 Å². The van der Waals surface area contributed by atoms with Crippen molar-refractivity contribution in [3.63, 3.8) is 0 Å². The Morgan fingerprint density at radius 2 is 1.97 bits per heavy atom. The van der Waals surface area contributed by atoms with E-state index >= 15 is 0 Å². The van der Waals surface area contributed by atoms with Crippen molar-refractivity contribution in [3.8, 4) is 10.8 Å². The number of primary amides is 1. The molecular formula is C24H22N6O3S. The number of aryl methyl sites for hydroxylation is 2. The zero-order valence-corrected chi connectivity index (χ0v) is 19.5. The maximum atomic E-state index is 12.5. The van der Waals surface area contributed by atoms with Crippen LogP contribution in [0.1, 0.15) is 39.5 Å². The molecule has 0 aliphatic carbocycles. The van der Waals surface area contributed by atoms with Crippen LogP contribution in [0.5, 0.6) is 0 Å². The number of carbonyl (C=O) groups is 2. The van der Waals surface area contributed by atoms with Crippen LogP contribution in [0.2, 0.25) is 0 Å². The van der Waals surface area contributed by atoms with Gasteiger partial charge in [0.1, 0.15) is 11.3 Å². The Bertz CT molecular complexity index is 1510. The van der Waals surface area contributed by atoms with Gasteiger partial charge in [0.2, 0.25) is 5.91 Å². The average Bonchev–Trinajstić information content (AvgIpc) is 3.54. The van der Waals surface area contributed by atoms with Gasteiger partial charge in [-0.1, -0.05) is 12.1 Å². The zero-order chi connectivity index (χ0) is 23.8. The van der Waals surface area contributed by atoms with Crippen LogP contribution in [0.3, 0.4) is 0 Å². The van der Waals surface area contributed by atoms with Crippen LogP contribution in [0, 0.1) is 13.8 Å². The smallest absolute Gasteiger partial charge is 0.254 e. The molecule has 4 aromatic heterocycles. The van der Waals surface area contributed by atoms with E-state index in [0.29, 0.717) is 30.1 Å². The molecule has 0 radical (unpaired) electrons. The first-order chi connectivity index (χ1) is 16.4. The highest BCUT2D eigenvalue weighted by Gasteiger charge is 2.17. The molecule has 0 aliphatic rings. The van der Waals surface area contributed by atoms with Crippen LogP contribution in [0.15, 0.2) is 47.0 Å². The minimum atomic E-state index is -0.572. The Balaban J connectivity index is 1.22. The van der Waals surface area contributed by atoms with Gasteiger partial charge in [-0.25, -0.2) is 14.5 Å². The molecule has 0 aliphatic heterocycles. The van der Waals surface area contributed by atoms with Crippen molar-refractivity contribution >= 4 is 39.0 Å². The van der Waals surface area contributed by atoms with Crippen molar-refractivity contribution in [2.45, 2.75) is 33.2 Å². The Morgan fingerprint density at radius 3 is 2.76 bits per heavy atom. The highest BCUT2D eigenvalue weighted by molar-refractivity contribution is 7.21. The van der Waals surface area contributed by atoms with Gasteiger partial charge in [0, 0.05) is 17.8 Å². The zero-order valence-electron chi connectivity index (χ0n) is 18.7. The number of nitrogens with one attached hydrogen (secondary N) is 1. The van der Waals surface area contributed by atoms with Gasteiger partial charge >= 0.3 is 0 Å². The fraction of sp³-hybridized carbons (Fsp3) is 0.208. The molecule has 172 valence electrons. The number of amides is 2. The lowest BCUT2D eigenvalue weighted by atomic mass is 10.1. The molecule has 4 heterocycles. The second-order valence-electron chi connectivity index (χ2n) is 7.95. The maximum absolute atomic E-state index is 12.5. The summed E-state index contributed by atoms with van der Waals surface area (Å²) < 4.78 is 8.58. The summed E-state index contributed by atoms with van der Waals surface area (Å²) in [5.41, 5.74) is 9.53. The van der Waals surface area contributed by atoms with Crippen LogP contribution in [-0.2, 0) is 17.8 Å². The van der Waals surface area contributed by atoms with Crippen LogP contribution in [-0.4, -0.2) is 31.4 Å². The summed E-state index contributed by atoms with van der Waals surface area (Å²) in [4.78, 5) is 33.2. The molecule has 0 atom stereocenters. The molecule has 34 heavy (non-hydrogen) atoms. The summed E-state index contributed by atoms with van der Waals surface area (Å²) in [6.45, 7) is 4.03. The molecular weight excluding hydrogens is 452 g/mol. The SMILES string of the molecule is Cc1nc2c(C(N)=O)cnn2c(C)c1CCC(=O)NCc1ccc(-c2nc3ccccc3s2)o1. The van der Waals surface area contributed by atoms with Crippen molar-refractivity contribution in [3.05, 3.63) is 70.9 Å². The largest absolute Gasteiger partial charge is 0.457 e. The molecule has 0 saturated carbocycles. The van der Waals surface area contributed by atoms with Crippen molar-refractivity contribution in [1.82, 2.24) is 24.9 Å². The summed E-state index contributed by atoms with van der Waals surface area (Å²) in [5.74, 6) is 0.673. The first kappa shape index (κ1) is 21.8. The van der Waals surface area contributed by atoms with Crippen LogP contribution in [0.4, 0.5) is 0 Å². The molecule has 1 aromatic carbocycles. The van der Waals surface area contributed by atoms with E-state index in [9.17, 15) is 9.59 Å². The number of fused-ring (bicyclic) bond motifs is 2. The molecule has 0 bridgehead atoms. The summed E-state index contributed by atoms with van der Waals surface area (Å²) >= 11 is 1.57. The molecule has 0 saturated heterocycles. The number of furan rings is 1. The molecule has 2 amide bonds. The van der Waals surface area contributed by atoms with E-state index in [1.54, 1.807) is 15.9 Å². The lowest BCUT2D eigenvalue weighted by molar-refractivity contribution is -0.121. The third-order valence-electron chi connectivity index (χ3n) is 5.70. The summed E-state index contributed by atoms with van der Waals surface area (Å²) in [5, 5.41) is 7.93. The van der Waals surface area contributed by atoms with Gasteiger partial charge in [0.05, 0.1) is 23.0 Å². The average molecular weight is 475 g/mol. The number of benzene rings is 1. The van der Waals surface area contributed by atoms with Gasteiger partial charge in [-0.05, 0) is 50.1 Å². The molecule has 0 unspecified atom stereocenters. The first-order valence-corrected chi connectivity index (χ1v) is 11.6. The van der Waals surface area contributed by atoms with Crippen molar-refractivity contribution in [2.75, 3.05) is 0 Å². The number of para-hydroxylation sites is 1. The van der Waals surface area contributed by atoms with E-state index in [1.165, 1.54) is 6.20 Å². The Hall–Kier alpha value is -4.05. The maximum Gasteiger partial charge on any atom is 0.254 e. The van der Waals surface area contributed by atoms with E-state index in [0.717, 1.165) is 32.2 Å². The monoisotopic (exact) mass is 474 g/mol. The van der Waals surface area contributed by atoms with E-state index in [2.05, 4.69) is 20.4 Å². The Morgan fingerprint density at radius 1 is 1.15 bits per heavy atom. The third-order valence-corrected chi connectivity index (χ3v) is 6.75. The number of thiazole rings is 1. The minimum absolute atomic E-state index is 0.102. The van der Waals surface area contributed by atoms with Gasteiger partial charge in [0.15, 0.2) is 16.4 Å². The molecule has 9 nitrogen and oxygen atoms in total. The number of hydrogen-bond donors (Lipinski definition) is 2. The third kappa shape index (κ3) is 4.03. The van der Waals surface area contributed by atoms with Crippen molar-refractivity contribution < 1.29 is 14.0 Å². The Kier molecular flexibility index (Phi) is 5.58. The quantitative estimate of drug-likeness (QED) is 0.371. The minimum Gasteiger partial charge on any atom is -0.457 e. The fourth-order valence-corrected chi connectivity index (χ4v) is 4.85. The number of hydrogen-bond acceptors (Lipinski definition) is 7. The van der Waals surface area contributed by atoms with Gasteiger partial charge in [-0.15, -0.1) is 11.3 Å². The van der Waals surface area contributed by atoms with Crippen LogP contribution >= 0.6 is 11.3 Å². The summed E-state index contributed by atoms with van der Waals surface area (Å²) in [6.07, 6.45) is 2.19. The van der Waals surface area contributed by atoms with E-state index < -0.39 is 5.91 Å². The molecule has 10 heteroatoms. The lowest BCUT2D eigenvalue weighted by Crippen LogP contribution is -2.23. The van der Waals surface area contributed by atoms with Crippen LogP contribution in [0.25, 0.3) is 26.6 Å². The predicted molar refractivity (Wildman–Crippen MR) is 128 cm³/mol. The summed E-state index contributed by atoms with van der Waals surface area (Å²) in [7, 11) is 0. The van der Waals surface area contributed by atoms with Gasteiger partial charge in [0.25, 0.3) is 5.91 Å². The second-order valence-corrected chi connectivity index (χ2v) is 8.98. The number of nitrogens with two attached hydrogens (primary N) is 1. The normalized spacial score (nSPS) is 11.4. The first-order valence-electron chi connectivity index (χ1n) is 10.8. The molecule has 5 rings (SSSR count). The second kappa shape index (κ2) is 8.71. The number of nitrogens with zero attached hydrogens (tertiary/aromatic N) is 4. The lowest BCUT2D eigenvalue weighted by Gasteiger charge is -2.11. The topological polar surface area (TPSA) is 128 Å². The molecule has 0 fully saturated rings. The van der Waals surface area contributed by atoms with E-state index in [1.807, 2.05) is 50.2 Å². The number of aromatic nitrogens is 4. The van der Waals surface area contributed by atoms with E-state index in [4.69, 9.17) is 10.2 Å². The highest BCUT2D eigenvalue weighted by Crippen LogP contribution is 2.31. The van der Waals surface area contributed by atoms with Gasteiger partial charge in [-0.2, -0.15) is 5.10 Å². The number of rotatable bonds is 7. The summed E-state index contributed by atoms with van der Waals surface area (Å²) in [6, 6.07) is 11.7.